The van der Waals surface area contributed by atoms with Crippen molar-refractivity contribution in [1.82, 2.24) is 4.98 Å². The van der Waals surface area contributed by atoms with Crippen LogP contribution in [0.25, 0.3) is 10.4 Å². The van der Waals surface area contributed by atoms with Gasteiger partial charge in [0.1, 0.15) is 11.6 Å². The third-order valence-electron chi connectivity index (χ3n) is 2.67. The Morgan fingerprint density at radius 3 is 2.41 bits per heavy atom. The lowest BCUT2D eigenvalue weighted by Crippen LogP contribution is -1.93. The van der Waals surface area contributed by atoms with Crippen molar-refractivity contribution in [1.29, 1.82) is 0 Å². The molecule has 0 aliphatic heterocycles. The number of thiazole rings is 1. The van der Waals surface area contributed by atoms with E-state index in [9.17, 15) is 8.78 Å². The number of benzene rings is 1. The van der Waals surface area contributed by atoms with E-state index in [4.69, 9.17) is 0 Å². The zero-order valence-corrected chi connectivity index (χ0v) is 10.8. The highest BCUT2D eigenvalue weighted by Crippen LogP contribution is 2.33. The van der Waals surface area contributed by atoms with Crippen LogP contribution in [0, 0.1) is 25.5 Å². The molecule has 0 atom stereocenters. The molecule has 0 radical (unpaired) electrons. The second-order valence-electron chi connectivity index (χ2n) is 3.92. The van der Waals surface area contributed by atoms with Gasteiger partial charge >= 0.3 is 0 Å². The molecule has 17 heavy (non-hydrogen) atoms. The zero-order chi connectivity index (χ0) is 12.6. The third kappa shape index (κ3) is 2.22. The van der Waals surface area contributed by atoms with Gasteiger partial charge in [-0.1, -0.05) is 6.92 Å². The van der Waals surface area contributed by atoms with E-state index in [-0.39, 0.29) is 11.6 Å². The lowest BCUT2D eigenvalue weighted by atomic mass is 10.1. The minimum absolute atomic E-state index is 0.308. The maximum Gasteiger partial charge on any atom is 0.132 e. The smallest absolute Gasteiger partial charge is 0.132 e. The summed E-state index contributed by atoms with van der Waals surface area (Å²) in [6.45, 7) is 5.47. The molecule has 0 aliphatic carbocycles. The van der Waals surface area contributed by atoms with Gasteiger partial charge in [0.25, 0.3) is 0 Å². The fraction of sp³-hybridized carbons (Fsp3) is 0.308. The van der Waals surface area contributed by atoms with Crippen LogP contribution in [0.1, 0.15) is 23.2 Å². The summed E-state index contributed by atoms with van der Waals surface area (Å²) in [4.78, 5) is 4.94. The first-order valence-electron chi connectivity index (χ1n) is 5.45. The number of aromatic nitrogens is 1. The van der Waals surface area contributed by atoms with Crippen LogP contribution >= 0.6 is 11.3 Å². The van der Waals surface area contributed by atoms with E-state index >= 15 is 0 Å². The summed E-state index contributed by atoms with van der Waals surface area (Å²) in [7, 11) is 0. The van der Waals surface area contributed by atoms with Crippen molar-refractivity contribution in [2.75, 3.05) is 0 Å². The van der Waals surface area contributed by atoms with Gasteiger partial charge in [-0.15, -0.1) is 11.3 Å². The number of hydrogen-bond donors (Lipinski definition) is 0. The molecule has 0 saturated carbocycles. The van der Waals surface area contributed by atoms with Gasteiger partial charge in [-0.05, 0) is 38.0 Å². The van der Waals surface area contributed by atoms with Crippen LogP contribution < -0.4 is 0 Å². The second-order valence-corrected chi connectivity index (χ2v) is 5.13. The first-order chi connectivity index (χ1) is 8.02. The molecule has 0 amide bonds. The minimum atomic E-state index is -0.380. The van der Waals surface area contributed by atoms with Gasteiger partial charge in [0.05, 0.1) is 15.6 Å². The summed E-state index contributed by atoms with van der Waals surface area (Å²) in [6.07, 6.45) is 0.490. The van der Waals surface area contributed by atoms with E-state index in [1.54, 1.807) is 6.92 Å². The van der Waals surface area contributed by atoms with Crippen molar-refractivity contribution >= 4 is 11.3 Å². The van der Waals surface area contributed by atoms with Gasteiger partial charge in [0.15, 0.2) is 0 Å². The molecular weight excluding hydrogens is 240 g/mol. The average molecular weight is 253 g/mol. The molecule has 0 bridgehead atoms. The average Bonchev–Trinajstić information content (AvgIpc) is 2.60. The van der Waals surface area contributed by atoms with E-state index in [2.05, 4.69) is 4.98 Å². The Hall–Kier alpha value is -1.29. The molecule has 0 aliphatic rings. The molecular formula is C13H13F2NS. The van der Waals surface area contributed by atoms with E-state index in [0.717, 1.165) is 10.7 Å². The number of halogens is 2. The Morgan fingerprint density at radius 2 is 1.88 bits per heavy atom. The molecule has 0 unspecified atom stereocenters. The quantitative estimate of drug-likeness (QED) is 0.779. The second kappa shape index (κ2) is 4.53. The molecule has 2 rings (SSSR count). The van der Waals surface area contributed by atoms with Gasteiger partial charge in [-0.2, -0.15) is 0 Å². The summed E-state index contributed by atoms with van der Waals surface area (Å²) in [6, 6.07) is 2.55. The van der Waals surface area contributed by atoms with Crippen molar-refractivity contribution in [3.8, 4) is 10.4 Å². The standard InChI is InChI=1S/C13H13F2NS/c1-4-9-5-12(15)10(6-11(9)14)13-7(2)16-8(3)17-13/h5-6H,4H2,1-3H3. The fourth-order valence-electron chi connectivity index (χ4n) is 1.81. The van der Waals surface area contributed by atoms with Gasteiger partial charge in [-0.3, -0.25) is 0 Å². The lowest BCUT2D eigenvalue weighted by Gasteiger charge is -2.05. The maximum absolute atomic E-state index is 13.9. The lowest BCUT2D eigenvalue weighted by molar-refractivity contribution is 0.590. The van der Waals surface area contributed by atoms with E-state index in [1.165, 1.54) is 23.5 Å². The molecule has 1 aromatic carbocycles. The molecule has 4 heteroatoms. The van der Waals surface area contributed by atoms with E-state index in [1.807, 2.05) is 13.8 Å². The van der Waals surface area contributed by atoms with Crippen LogP contribution in [-0.2, 0) is 6.42 Å². The van der Waals surface area contributed by atoms with Crippen molar-refractivity contribution in [3.63, 3.8) is 0 Å². The molecule has 1 heterocycles. The number of hydrogen-bond acceptors (Lipinski definition) is 2. The number of aryl methyl sites for hydroxylation is 3. The highest BCUT2D eigenvalue weighted by atomic mass is 32.1. The van der Waals surface area contributed by atoms with Crippen LogP contribution in [0.15, 0.2) is 12.1 Å². The summed E-state index contributed by atoms with van der Waals surface area (Å²) >= 11 is 1.39. The first-order valence-corrected chi connectivity index (χ1v) is 6.27. The van der Waals surface area contributed by atoms with Gasteiger partial charge in [0.2, 0.25) is 0 Å². The molecule has 0 fully saturated rings. The van der Waals surface area contributed by atoms with Crippen LogP contribution in [0.4, 0.5) is 8.78 Å². The number of rotatable bonds is 2. The van der Waals surface area contributed by atoms with Crippen LogP contribution in [0.3, 0.4) is 0 Å². The zero-order valence-electron chi connectivity index (χ0n) is 9.97. The normalized spacial score (nSPS) is 10.9. The number of nitrogens with zero attached hydrogens (tertiary/aromatic N) is 1. The van der Waals surface area contributed by atoms with Crippen LogP contribution in [0.5, 0.6) is 0 Å². The Labute approximate surface area is 103 Å². The molecule has 1 aromatic heterocycles. The molecule has 0 spiro atoms. The van der Waals surface area contributed by atoms with Gasteiger partial charge in [-0.25, -0.2) is 13.8 Å². The summed E-state index contributed by atoms with van der Waals surface area (Å²) in [5, 5.41) is 0.858. The van der Waals surface area contributed by atoms with Crippen LogP contribution in [-0.4, -0.2) is 4.98 Å². The Balaban J connectivity index is 2.60. The monoisotopic (exact) mass is 253 g/mol. The van der Waals surface area contributed by atoms with E-state index in [0.29, 0.717) is 22.4 Å². The maximum atomic E-state index is 13.9. The van der Waals surface area contributed by atoms with Crippen molar-refractivity contribution in [3.05, 3.63) is 40.0 Å². The first kappa shape index (κ1) is 12.2. The minimum Gasteiger partial charge on any atom is -0.246 e. The highest BCUT2D eigenvalue weighted by Gasteiger charge is 2.15. The van der Waals surface area contributed by atoms with Crippen molar-refractivity contribution < 1.29 is 8.78 Å². The summed E-state index contributed by atoms with van der Waals surface area (Å²) < 4.78 is 27.6. The predicted octanol–water partition coefficient (Wildman–Crippen LogP) is 4.27. The SMILES string of the molecule is CCc1cc(F)c(-c2sc(C)nc2C)cc1F. The summed E-state index contributed by atoms with van der Waals surface area (Å²) in [5.41, 5.74) is 1.46. The van der Waals surface area contributed by atoms with Gasteiger partial charge in [0, 0.05) is 5.56 Å². The third-order valence-corrected chi connectivity index (χ3v) is 3.77. The van der Waals surface area contributed by atoms with Crippen LogP contribution in [0.2, 0.25) is 0 Å². The van der Waals surface area contributed by atoms with E-state index < -0.39 is 0 Å². The molecule has 1 nitrogen and oxygen atoms in total. The molecule has 90 valence electrons. The topological polar surface area (TPSA) is 12.9 Å². The predicted molar refractivity (Wildman–Crippen MR) is 66.3 cm³/mol. The largest absolute Gasteiger partial charge is 0.246 e. The van der Waals surface area contributed by atoms with Crippen molar-refractivity contribution in [2.45, 2.75) is 27.2 Å². The van der Waals surface area contributed by atoms with Gasteiger partial charge < -0.3 is 0 Å². The fourth-order valence-corrected chi connectivity index (χ4v) is 2.75. The summed E-state index contributed by atoms with van der Waals surface area (Å²) in [5.74, 6) is -0.732. The Bertz CT molecular complexity index is 561. The Morgan fingerprint density at radius 1 is 1.18 bits per heavy atom. The molecule has 0 N–H and O–H groups in total. The molecule has 0 saturated heterocycles. The van der Waals surface area contributed by atoms with Crippen molar-refractivity contribution in [2.24, 2.45) is 0 Å². The highest BCUT2D eigenvalue weighted by molar-refractivity contribution is 7.15. The Kier molecular flexibility index (Phi) is 3.24. The molecule has 2 aromatic rings.